The van der Waals surface area contributed by atoms with Crippen molar-refractivity contribution in [3.63, 3.8) is 0 Å². The Morgan fingerprint density at radius 2 is 2.22 bits per heavy atom. The zero-order valence-corrected chi connectivity index (χ0v) is 11.9. The van der Waals surface area contributed by atoms with Gasteiger partial charge >= 0.3 is 0 Å². The van der Waals surface area contributed by atoms with Crippen molar-refractivity contribution in [3.8, 4) is 0 Å². The summed E-state index contributed by atoms with van der Waals surface area (Å²) in [7, 11) is 0. The van der Waals surface area contributed by atoms with Crippen LogP contribution >= 0.6 is 0 Å². The van der Waals surface area contributed by atoms with E-state index in [1.165, 1.54) is 5.70 Å². The van der Waals surface area contributed by atoms with Crippen molar-refractivity contribution in [2.45, 2.75) is 39.7 Å². The number of carbonyl (C=O) groups excluding carboxylic acids is 1. The van der Waals surface area contributed by atoms with Gasteiger partial charge in [0, 0.05) is 37.8 Å². The molecule has 0 radical (unpaired) electrons. The Morgan fingerprint density at radius 3 is 2.50 bits per heavy atom. The Balaban J connectivity index is 0.000000360. The van der Waals surface area contributed by atoms with Crippen molar-refractivity contribution in [1.29, 1.82) is 0 Å². The summed E-state index contributed by atoms with van der Waals surface area (Å²) in [6, 6.07) is 0.352. The van der Waals surface area contributed by atoms with Gasteiger partial charge in [-0.05, 0) is 26.3 Å². The van der Waals surface area contributed by atoms with Crippen LogP contribution in [0.4, 0.5) is 0 Å². The number of nitrogens with one attached hydrogen (secondary N) is 1. The molecular weight excluding hydrogens is 226 g/mol. The van der Waals surface area contributed by atoms with E-state index in [4.69, 9.17) is 5.73 Å². The van der Waals surface area contributed by atoms with E-state index in [0.29, 0.717) is 12.5 Å². The minimum absolute atomic E-state index is 0.127. The molecule has 1 fully saturated rings. The monoisotopic (exact) mass is 253 g/mol. The first kappa shape index (κ1) is 16.7. The normalized spacial score (nSPS) is 19.0. The SMILES string of the molecule is C=C/C(=C\C)N1CCC(N)C1.CCNC(=O)CC. The van der Waals surface area contributed by atoms with E-state index in [9.17, 15) is 4.79 Å². The van der Waals surface area contributed by atoms with E-state index in [-0.39, 0.29) is 5.91 Å². The molecule has 1 atom stereocenters. The third-order valence-electron chi connectivity index (χ3n) is 2.79. The molecule has 0 aromatic rings. The van der Waals surface area contributed by atoms with E-state index < -0.39 is 0 Å². The summed E-state index contributed by atoms with van der Waals surface area (Å²) < 4.78 is 0. The van der Waals surface area contributed by atoms with Gasteiger partial charge in [0.15, 0.2) is 0 Å². The molecule has 1 aliphatic rings. The second-order valence-corrected chi connectivity index (χ2v) is 4.22. The molecule has 1 rings (SSSR count). The molecule has 104 valence electrons. The molecule has 1 heterocycles. The van der Waals surface area contributed by atoms with Crippen LogP contribution in [0.3, 0.4) is 0 Å². The predicted molar refractivity (Wildman–Crippen MR) is 77.1 cm³/mol. The van der Waals surface area contributed by atoms with Gasteiger partial charge in [-0.1, -0.05) is 19.6 Å². The molecule has 18 heavy (non-hydrogen) atoms. The third-order valence-corrected chi connectivity index (χ3v) is 2.79. The number of hydrogen-bond acceptors (Lipinski definition) is 3. The van der Waals surface area contributed by atoms with Gasteiger partial charge in [-0.15, -0.1) is 0 Å². The highest BCUT2D eigenvalue weighted by Crippen LogP contribution is 2.14. The topological polar surface area (TPSA) is 58.4 Å². The molecule has 0 aromatic heterocycles. The fourth-order valence-electron chi connectivity index (χ4n) is 1.77. The highest BCUT2D eigenvalue weighted by molar-refractivity contribution is 5.75. The van der Waals surface area contributed by atoms with Gasteiger partial charge in [0.05, 0.1) is 0 Å². The molecule has 1 amide bonds. The van der Waals surface area contributed by atoms with E-state index in [2.05, 4.69) is 22.9 Å². The van der Waals surface area contributed by atoms with Crippen LogP contribution in [-0.4, -0.2) is 36.5 Å². The van der Waals surface area contributed by atoms with Crippen LogP contribution in [-0.2, 0) is 4.79 Å². The lowest BCUT2D eigenvalue weighted by Crippen LogP contribution is -2.25. The fourth-order valence-corrected chi connectivity index (χ4v) is 1.77. The van der Waals surface area contributed by atoms with Gasteiger partial charge < -0.3 is 16.0 Å². The van der Waals surface area contributed by atoms with Crippen LogP contribution in [0.15, 0.2) is 24.4 Å². The van der Waals surface area contributed by atoms with Gasteiger partial charge in [0.25, 0.3) is 0 Å². The van der Waals surface area contributed by atoms with Crippen molar-refractivity contribution in [2.24, 2.45) is 5.73 Å². The largest absolute Gasteiger partial charge is 0.370 e. The maximum Gasteiger partial charge on any atom is 0.219 e. The van der Waals surface area contributed by atoms with E-state index in [0.717, 1.165) is 26.1 Å². The fraction of sp³-hybridized carbons (Fsp3) is 0.643. The van der Waals surface area contributed by atoms with Gasteiger partial charge in [-0.25, -0.2) is 0 Å². The van der Waals surface area contributed by atoms with Gasteiger partial charge in [0.2, 0.25) is 5.91 Å². The summed E-state index contributed by atoms with van der Waals surface area (Å²) in [5, 5.41) is 2.66. The summed E-state index contributed by atoms with van der Waals surface area (Å²) in [4.78, 5) is 12.6. The Kier molecular flexibility index (Phi) is 9.01. The molecule has 4 nitrogen and oxygen atoms in total. The van der Waals surface area contributed by atoms with Gasteiger partial charge in [0.1, 0.15) is 0 Å². The Morgan fingerprint density at radius 1 is 1.56 bits per heavy atom. The van der Waals surface area contributed by atoms with Crippen LogP contribution in [0, 0.1) is 0 Å². The lowest BCUT2D eigenvalue weighted by Gasteiger charge is -2.18. The average molecular weight is 253 g/mol. The minimum atomic E-state index is 0.127. The molecular formula is C14H27N3O. The Labute approximate surface area is 111 Å². The van der Waals surface area contributed by atoms with Crippen molar-refractivity contribution in [2.75, 3.05) is 19.6 Å². The molecule has 0 spiro atoms. The average Bonchev–Trinajstić information content (AvgIpc) is 2.78. The van der Waals surface area contributed by atoms with E-state index in [1.807, 2.05) is 26.8 Å². The maximum absolute atomic E-state index is 10.3. The second kappa shape index (κ2) is 9.71. The summed E-state index contributed by atoms with van der Waals surface area (Å²) >= 11 is 0. The summed E-state index contributed by atoms with van der Waals surface area (Å²) in [6.45, 7) is 12.3. The van der Waals surface area contributed by atoms with Crippen molar-refractivity contribution >= 4 is 5.91 Å². The summed E-state index contributed by atoms with van der Waals surface area (Å²) in [5.74, 6) is 0.127. The second-order valence-electron chi connectivity index (χ2n) is 4.22. The minimum Gasteiger partial charge on any atom is -0.370 e. The van der Waals surface area contributed by atoms with Crippen LogP contribution in [0.1, 0.15) is 33.6 Å². The van der Waals surface area contributed by atoms with Crippen LogP contribution < -0.4 is 11.1 Å². The first-order chi connectivity index (χ1) is 8.58. The molecule has 1 saturated heterocycles. The summed E-state index contributed by atoms with van der Waals surface area (Å²) in [6.07, 6.45) is 5.65. The van der Waals surface area contributed by atoms with Crippen molar-refractivity contribution in [3.05, 3.63) is 24.4 Å². The van der Waals surface area contributed by atoms with Crippen molar-refractivity contribution in [1.82, 2.24) is 10.2 Å². The maximum atomic E-state index is 10.3. The van der Waals surface area contributed by atoms with Crippen LogP contribution in [0.5, 0.6) is 0 Å². The summed E-state index contributed by atoms with van der Waals surface area (Å²) in [5.41, 5.74) is 6.98. The number of rotatable bonds is 4. The van der Waals surface area contributed by atoms with E-state index in [1.54, 1.807) is 0 Å². The number of likely N-dealkylation sites (tertiary alicyclic amines) is 1. The van der Waals surface area contributed by atoms with Crippen molar-refractivity contribution < 1.29 is 4.79 Å². The lowest BCUT2D eigenvalue weighted by atomic mass is 10.3. The molecule has 0 aromatic carbocycles. The van der Waals surface area contributed by atoms with Gasteiger partial charge in [-0.3, -0.25) is 4.79 Å². The molecule has 1 unspecified atom stereocenters. The first-order valence-electron chi connectivity index (χ1n) is 6.64. The smallest absolute Gasteiger partial charge is 0.219 e. The predicted octanol–water partition coefficient (Wildman–Crippen LogP) is 1.64. The number of nitrogens with zero attached hydrogens (tertiary/aromatic N) is 1. The number of allylic oxidation sites excluding steroid dienone is 2. The highest BCUT2D eigenvalue weighted by Gasteiger charge is 2.18. The Hall–Kier alpha value is -1.29. The number of nitrogens with two attached hydrogens (primary N) is 1. The van der Waals surface area contributed by atoms with Crippen LogP contribution in [0.25, 0.3) is 0 Å². The first-order valence-corrected chi connectivity index (χ1v) is 6.64. The number of hydrogen-bond donors (Lipinski definition) is 2. The number of carbonyl (C=O) groups is 1. The zero-order chi connectivity index (χ0) is 14.0. The Bertz CT molecular complexity index is 287. The molecule has 0 aliphatic carbocycles. The standard InChI is InChI=1S/C9H16N2.C5H11NO/c1-3-9(4-2)11-6-5-8(10)7-11;1-3-5(7)6-4-2/h3-4,8H,1,5-7,10H2,2H3;3-4H2,1-2H3,(H,6,7)/b9-4+;. The quantitative estimate of drug-likeness (QED) is 0.749. The molecule has 1 aliphatic heterocycles. The van der Waals surface area contributed by atoms with Crippen LogP contribution in [0.2, 0.25) is 0 Å². The molecule has 0 bridgehead atoms. The van der Waals surface area contributed by atoms with Gasteiger partial charge in [-0.2, -0.15) is 0 Å². The van der Waals surface area contributed by atoms with E-state index >= 15 is 0 Å². The highest BCUT2D eigenvalue weighted by atomic mass is 16.1. The lowest BCUT2D eigenvalue weighted by molar-refractivity contribution is -0.120. The third kappa shape index (κ3) is 6.45. The molecule has 0 saturated carbocycles. The zero-order valence-electron chi connectivity index (χ0n) is 11.9. The number of amides is 1. The molecule has 4 heteroatoms. The molecule has 3 N–H and O–H groups in total.